The Morgan fingerprint density at radius 1 is 1.19 bits per heavy atom. The Hall–Kier alpha value is -2.11. The van der Waals surface area contributed by atoms with Crippen LogP contribution in [-0.4, -0.2) is 21.9 Å². The van der Waals surface area contributed by atoms with E-state index in [1.165, 1.54) is 0 Å². The molecule has 0 aliphatic carbocycles. The zero-order valence-electron chi connectivity index (χ0n) is 11.2. The summed E-state index contributed by atoms with van der Waals surface area (Å²) in [6.07, 6.45) is 0. The van der Waals surface area contributed by atoms with Crippen LogP contribution in [0.3, 0.4) is 0 Å². The summed E-state index contributed by atoms with van der Waals surface area (Å²) in [4.78, 5) is 0. The van der Waals surface area contributed by atoms with Gasteiger partial charge in [-0.1, -0.05) is 41.9 Å². The number of aromatic amines is 1. The number of rotatable bonds is 3. The zero-order valence-corrected chi connectivity index (χ0v) is 12.8. The number of hydrogen-bond donors (Lipinski definition) is 1. The normalized spacial score (nSPS) is 10.6. The third-order valence-corrected chi connectivity index (χ3v) is 3.68. The van der Waals surface area contributed by atoms with Crippen LogP contribution >= 0.6 is 23.8 Å². The fourth-order valence-electron chi connectivity index (χ4n) is 2.10. The van der Waals surface area contributed by atoms with E-state index in [2.05, 4.69) is 10.2 Å². The minimum Gasteiger partial charge on any atom is -0.495 e. The predicted molar refractivity (Wildman–Crippen MR) is 85.7 cm³/mol. The van der Waals surface area contributed by atoms with Gasteiger partial charge in [0, 0.05) is 11.6 Å². The average Bonchev–Trinajstić information content (AvgIpc) is 2.90. The van der Waals surface area contributed by atoms with Gasteiger partial charge in [0.25, 0.3) is 0 Å². The first-order valence-electron chi connectivity index (χ1n) is 6.27. The maximum Gasteiger partial charge on any atom is 0.200 e. The van der Waals surface area contributed by atoms with Crippen molar-refractivity contribution in [3.05, 3.63) is 58.3 Å². The van der Waals surface area contributed by atoms with Gasteiger partial charge in [0.05, 0.1) is 17.8 Å². The Morgan fingerprint density at radius 2 is 1.95 bits per heavy atom. The third kappa shape index (κ3) is 2.57. The molecule has 0 radical (unpaired) electrons. The average molecular weight is 318 g/mol. The van der Waals surface area contributed by atoms with Crippen LogP contribution in [0.25, 0.3) is 17.1 Å². The molecule has 106 valence electrons. The molecule has 0 saturated carbocycles. The molecule has 1 N–H and O–H groups in total. The molecule has 21 heavy (non-hydrogen) atoms. The Kier molecular flexibility index (Phi) is 3.77. The molecule has 0 amide bonds. The first-order valence-corrected chi connectivity index (χ1v) is 7.06. The Morgan fingerprint density at radius 3 is 2.67 bits per heavy atom. The summed E-state index contributed by atoms with van der Waals surface area (Å²) >= 11 is 11.4. The number of benzene rings is 2. The largest absolute Gasteiger partial charge is 0.495 e. The highest BCUT2D eigenvalue weighted by Crippen LogP contribution is 2.29. The van der Waals surface area contributed by atoms with Gasteiger partial charge in [-0.05, 0) is 24.4 Å². The lowest BCUT2D eigenvalue weighted by Crippen LogP contribution is -1.98. The van der Waals surface area contributed by atoms with Crippen LogP contribution in [0.15, 0.2) is 48.5 Å². The molecule has 0 fully saturated rings. The molecule has 3 rings (SSSR count). The maximum atomic E-state index is 6.07. The standard InChI is InChI=1S/C15H12ClN3OS/c1-20-13-9-11(7-8-12(13)16)19-14(17-18-15(19)21)10-5-3-2-4-6-10/h2-9H,1H3,(H,18,21). The number of nitrogens with one attached hydrogen (secondary N) is 1. The number of methoxy groups -OCH3 is 1. The minimum absolute atomic E-state index is 0.512. The molecule has 0 aliphatic rings. The second-order valence-corrected chi connectivity index (χ2v) is 5.17. The second-order valence-electron chi connectivity index (χ2n) is 4.37. The van der Waals surface area contributed by atoms with Crippen molar-refractivity contribution in [3.8, 4) is 22.8 Å². The fourth-order valence-corrected chi connectivity index (χ4v) is 2.54. The van der Waals surface area contributed by atoms with Gasteiger partial charge < -0.3 is 4.74 Å². The molecule has 0 saturated heterocycles. The van der Waals surface area contributed by atoms with E-state index in [1.54, 1.807) is 13.2 Å². The van der Waals surface area contributed by atoms with Gasteiger partial charge in [-0.2, -0.15) is 5.10 Å². The molecule has 0 spiro atoms. The lowest BCUT2D eigenvalue weighted by Gasteiger charge is -2.09. The van der Waals surface area contributed by atoms with Crippen LogP contribution in [0.1, 0.15) is 0 Å². The molecule has 0 aliphatic heterocycles. The fraction of sp³-hybridized carbons (Fsp3) is 0.0667. The van der Waals surface area contributed by atoms with Gasteiger partial charge in [0.1, 0.15) is 5.75 Å². The lowest BCUT2D eigenvalue weighted by atomic mass is 10.2. The molecule has 2 aromatic carbocycles. The van der Waals surface area contributed by atoms with Crippen LogP contribution < -0.4 is 4.74 Å². The Bertz CT molecular complexity index is 826. The van der Waals surface area contributed by atoms with Gasteiger partial charge in [-0.3, -0.25) is 9.67 Å². The topological polar surface area (TPSA) is 42.8 Å². The molecule has 6 heteroatoms. The minimum atomic E-state index is 0.512. The summed E-state index contributed by atoms with van der Waals surface area (Å²) in [5.41, 5.74) is 1.81. The number of halogens is 1. The summed E-state index contributed by atoms with van der Waals surface area (Å²) in [6, 6.07) is 15.3. The number of aromatic nitrogens is 3. The van der Waals surface area contributed by atoms with E-state index in [0.29, 0.717) is 15.5 Å². The summed E-state index contributed by atoms with van der Waals surface area (Å²) in [6.45, 7) is 0. The van der Waals surface area contributed by atoms with E-state index < -0.39 is 0 Å². The van der Waals surface area contributed by atoms with Crippen molar-refractivity contribution in [1.29, 1.82) is 0 Å². The number of hydrogen-bond acceptors (Lipinski definition) is 3. The van der Waals surface area contributed by atoms with Gasteiger partial charge in [0.2, 0.25) is 0 Å². The van der Waals surface area contributed by atoms with Crippen molar-refractivity contribution >= 4 is 23.8 Å². The van der Waals surface area contributed by atoms with Gasteiger partial charge in [0.15, 0.2) is 10.6 Å². The van der Waals surface area contributed by atoms with Gasteiger partial charge >= 0.3 is 0 Å². The Balaban J connectivity index is 2.20. The van der Waals surface area contributed by atoms with Crippen LogP contribution in [0.4, 0.5) is 0 Å². The first-order chi connectivity index (χ1) is 10.2. The molecule has 1 aromatic heterocycles. The van der Waals surface area contributed by atoms with Crippen LogP contribution in [0.2, 0.25) is 5.02 Å². The quantitative estimate of drug-likeness (QED) is 0.734. The lowest BCUT2D eigenvalue weighted by molar-refractivity contribution is 0.415. The summed E-state index contributed by atoms with van der Waals surface area (Å²) in [7, 11) is 1.58. The highest BCUT2D eigenvalue weighted by Gasteiger charge is 2.12. The summed E-state index contributed by atoms with van der Waals surface area (Å²) in [5, 5.41) is 7.69. The van der Waals surface area contributed by atoms with E-state index >= 15 is 0 Å². The third-order valence-electron chi connectivity index (χ3n) is 3.10. The van der Waals surface area contributed by atoms with E-state index in [4.69, 9.17) is 28.6 Å². The maximum absolute atomic E-state index is 6.07. The van der Waals surface area contributed by atoms with Crippen molar-refractivity contribution in [2.24, 2.45) is 0 Å². The van der Waals surface area contributed by atoms with Crippen molar-refractivity contribution in [2.75, 3.05) is 7.11 Å². The summed E-state index contributed by atoms with van der Waals surface area (Å²) < 4.78 is 7.62. The summed E-state index contributed by atoms with van der Waals surface area (Å²) in [5.74, 6) is 1.33. The molecule has 0 atom stereocenters. The van der Waals surface area contributed by atoms with Crippen LogP contribution in [0.5, 0.6) is 5.75 Å². The number of ether oxygens (including phenoxy) is 1. The van der Waals surface area contributed by atoms with Gasteiger partial charge in [-0.25, -0.2) is 0 Å². The highest BCUT2D eigenvalue weighted by molar-refractivity contribution is 7.71. The SMILES string of the molecule is COc1cc(-n2c(-c3ccccc3)n[nH]c2=S)ccc1Cl. The van der Waals surface area contributed by atoms with E-state index in [9.17, 15) is 0 Å². The van der Waals surface area contributed by atoms with E-state index in [1.807, 2.05) is 47.0 Å². The molecular weight excluding hydrogens is 306 g/mol. The van der Waals surface area contributed by atoms with Crippen molar-refractivity contribution in [2.45, 2.75) is 0 Å². The molecule has 1 heterocycles. The van der Waals surface area contributed by atoms with Crippen molar-refractivity contribution in [1.82, 2.24) is 14.8 Å². The molecule has 0 unspecified atom stereocenters. The van der Waals surface area contributed by atoms with Crippen molar-refractivity contribution in [3.63, 3.8) is 0 Å². The molecule has 3 aromatic rings. The van der Waals surface area contributed by atoms with Gasteiger partial charge in [-0.15, -0.1) is 0 Å². The molecule has 0 bridgehead atoms. The number of H-pyrrole nitrogens is 1. The predicted octanol–water partition coefficient (Wildman–Crippen LogP) is 4.26. The van der Waals surface area contributed by atoms with Crippen molar-refractivity contribution < 1.29 is 4.74 Å². The molecular formula is C15H12ClN3OS. The number of nitrogens with zero attached hydrogens (tertiary/aromatic N) is 2. The van der Waals surface area contributed by atoms with Crippen LogP contribution in [0, 0.1) is 4.77 Å². The zero-order chi connectivity index (χ0) is 14.8. The smallest absolute Gasteiger partial charge is 0.200 e. The monoisotopic (exact) mass is 317 g/mol. The second kappa shape index (κ2) is 5.71. The molecule has 4 nitrogen and oxygen atoms in total. The van der Waals surface area contributed by atoms with E-state index in [-0.39, 0.29) is 0 Å². The first kappa shape index (κ1) is 13.9. The highest BCUT2D eigenvalue weighted by atomic mass is 35.5. The van der Waals surface area contributed by atoms with Crippen LogP contribution in [-0.2, 0) is 0 Å². The Labute approximate surface area is 132 Å². The van der Waals surface area contributed by atoms with E-state index in [0.717, 1.165) is 17.1 Å².